The summed E-state index contributed by atoms with van der Waals surface area (Å²) in [5, 5.41) is 10.2. The van der Waals surface area contributed by atoms with Gasteiger partial charge in [-0.15, -0.1) is 0 Å². The Kier molecular flexibility index (Phi) is 3.15. The van der Waals surface area contributed by atoms with Crippen LogP contribution >= 0.6 is 0 Å². The van der Waals surface area contributed by atoms with Crippen molar-refractivity contribution in [2.75, 3.05) is 0 Å². The summed E-state index contributed by atoms with van der Waals surface area (Å²) in [6.07, 6.45) is 9.14. The first-order chi connectivity index (χ1) is 11.7. The Hall–Kier alpha value is -0.410. The molecule has 3 heteroatoms. The number of epoxide rings is 1. The van der Waals surface area contributed by atoms with Crippen molar-refractivity contribution in [3.8, 4) is 0 Å². The largest absolute Gasteiger partial charge is 0.393 e. The molecular weight excluding hydrogens is 312 g/mol. The molecule has 3 nitrogen and oxygen atoms in total. The molecule has 9 atom stereocenters. The number of fused-ring (bicyclic) bond motifs is 7. The van der Waals surface area contributed by atoms with Crippen LogP contribution < -0.4 is 0 Å². The molecule has 1 heterocycles. The van der Waals surface area contributed by atoms with E-state index in [2.05, 4.69) is 20.8 Å². The van der Waals surface area contributed by atoms with Crippen LogP contribution in [0.3, 0.4) is 0 Å². The van der Waals surface area contributed by atoms with Gasteiger partial charge < -0.3 is 9.84 Å². The number of hydrogen-bond donors (Lipinski definition) is 1. The number of aliphatic hydroxyl groups excluding tert-OH is 1. The molecule has 0 amide bonds. The molecule has 4 aliphatic carbocycles. The summed E-state index contributed by atoms with van der Waals surface area (Å²) in [6, 6.07) is 0. The second kappa shape index (κ2) is 4.70. The standard InChI is InChI=1S/C22H34O3/c1-13(23)22-20(3)10-8-17-16(18(20)12-21(22,4)25-22)6-5-14-11-15(24)7-9-19(14,17)2/h14-18,24H,5-12H2,1-4H3/t14-,15-,16+,17-,18-,19-,20-,21-,22+/m0/s1. The van der Waals surface area contributed by atoms with Gasteiger partial charge in [0.05, 0.1) is 6.10 Å². The van der Waals surface area contributed by atoms with Gasteiger partial charge in [-0.1, -0.05) is 13.8 Å². The maximum atomic E-state index is 12.6. The van der Waals surface area contributed by atoms with E-state index in [0.717, 1.165) is 37.5 Å². The number of carbonyl (C=O) groups excluding carboxylic acids is 1. The van der Waals surface area contributed by atoms with Crippen molar-refractivity contribution in [3.05, 3.63) is 0 Å². The monoisotopic (exact) mass is 346 g/mol. The van der Waals surface area contributed by atoms with Crippen LogP contribution in [-0.4, -0.2) is 28.2 Å². The molecule has 0 unspecified atom stereocenters. The zero-order valence-corrected chi connectivity index (χ0v) is 16.3. The second-order valence-corrected chi connectivity index (χ2v) is 10.8. The van der Waals surface area contributed by atoms with Gasteiger partial charge in [0.15, 0.2) is 11.4 Å². The molecule has 140 valence electrons. The van der Waals surface area contributed by atoms with Gasteiger partial charge in [-0.2, -0.15) is 0 Å². The minimum atomic E-state index is -0.490. The van der Waals surface area contributed by atoms with Crippen LogP contribution in [0.25, 0.3) is 0 Å². The van der Waals surface area contributed by atoms with Crippen LogP contribution in [-0.2, 0) is 9.53 Å². The summed E-state index contributed by atoms with van der Waals surface area (Å²) in [4.78, 5) is 12.6. The first-order valence-electron chi connectivity index (χ1n) is 10.6. The molecule has 25 heavy (non-hydrogen) atoms. The fraction of sp³-hybridized carbons (Fsp3) is 0.955. The van der Waals surface area contributed by atoms with Crippen molar-refractivity contribution < 1.29 is 14.6 Å². The van der Waals surface area contributed by atoms with Gasteiger partial charge in [0.25, 0.3) is 0 Å². The highest BCUT2D eigenvalue weighted by Gasteiger charge is 2.85. The Bertz CT molecular complexity index is 631. The highest BCUT2D eigenvalue weighted by molar-refractivity contribution is 5.91. The average Bonchev–Trinajstić information content (AvgIpc) is 3.13. The van der Waals surface area contributed by atoms with E-state index >= 15 is 0 Å². The van der Waals surface area contributed by atoms with E-state index in [-0.39, 0.29) is 22.9 Å². The van der Waals surface area contributed by atoms with Crippen LogP contribution in [0.5, 0.6) is 0 Å². The molecule has 0 aromatic rings. The van der Waals surface area contributed by atoms with E-state index in [9.17, 15) is 9.90 Å². The number of hydrogen-bond acceptors (Lipinski definition) is 3. The van der Waals surface area contributed by atoms with Crippen molar-refractivity contribution in [1.82, 2.24) is 0 Å². The van der Waals surface area contributed by atoms with E-state index < -0.39 is 5.60 Å². The lowest BCUT2D eigenvalue weighted by molar-refractivity contribution is -0.152. The minimum absolute atomic E-state index is 0.0339. The number of ether oxygens (including phenoxy) is 1. The van der Waals surface area contributed by atoms with Gasteiger partial charge in [0, 0.05) is 5.41 Å². The van der Waals surface area contributed by atoms with Gasteiger partial charge in [0.1, 0.15) is 5.60 Å². The molecular formula is C22H34O3. The predicted molar refractivity (Wildman–Crippen MR) is 96.0 cm³/mol. The zero-order valence-electron chi connectivity index (χ0n) is 16.3. The normalized spacial score (nSPS) is 62.4. The van der Waals surface area contributed by atoms with Gasteiger partial charge in [0.2, 0.25) is 0 Å². The van der Waals surface area contributed by atoms with E-state index in [4.69, 9.17) is 4.74 Å². The van der Waals surface area contributed by atoms with Crippen LogP contribution in [0.15, 0.2) is 0 Å². The Morgan fingerprint density at radius 3 is 2.52 bits per heavy atom. The number of ketones is 1. The Morgan fingerprint density at radius 1 is 1.04 bits per heavy atom. The maximum absolute atomic E-state index is 12.6. The van der Waals surface area contributed by atoms with E-state index in [1.807, 2.05) is 0 Å². The molecule has 0 bridgehead atoms. The first-order valence-corrected chi connectivity index (χ1v) is 10.6. The number of aliphatic hydroxyl groups is 1. The molecule has 1 N–H and O–H groups in total. The molecule has 1 saturated heterocycles. The van der Waals surface area contributed by atoms with E-state index in [1.54, 1.807) is 6.92 Å². The van der Waals surface area contributed by atoms with Crippen LogP contribution in [0.1, 0.15) is 79.1 Å². The van der Waals surface area contributed by atoms with E-state index in [0.29, 0.717) is 17.3 Å². The van der Waals surface area contributed by atoms with Crippen LogP contribution in [0.2, 0.25) is 0 Å². The summed E-state index contributed by atoms with van der Waals surface area (Å²) < 4.78 is 6.20. The molecule has 1 aliphatic heterocycles. The first kappa shape index (κ1) is 16.7. The maximum Gasteiger partial charge on any atom is 0.165 e. The van der Waals surface area contributed by atoms with Crippen molar-refractivity contribution in [1.29, 1.82) is 0 Å². The summed E-state index contributed by atoms with van der Waals surface area (Å²) >= 11 is 0. The fourth-order valence-electron chi connectivity index (χ4n) is 8.85. The highest BCUT2D eigenvalue weighted by atomic mass is 16.6. The molecule has 4 saturated carbocycles. The third-order valence-electron chi connectivity index (χ3n) is 10.0. The topological polar surface area (TPSA) is 49.8 Å². The fourth-order valence-corrected chi connectivity index (χ4v) is 8.85. The summed E-state index contributed by atoms with van der Waals surface area (Å²) in [5.74, 6) is 3.13. The summed E-state index contributed by atoms with van der Waals surface area (Å²) in [7, 11) is 0. The van der Waals surface area contributed by atoms with Gasteiger partial charge in [-0.3, -0.25) is 4.79 Å². The smallest absolute Gasteiger partial charge is 0.165 e. The van der Waals surface area contributed by atoms with Crippen molar-refractivity contribution in [2.45, 2.75) is 96.4 Å². The molecule has 5 aliphatic rings. The van der Waals surface area contributed by atoms with Crippen molar-refractivity contribution >= 4 is 5.78 Å². The van der Waals surface area contributed by atoms with E-state index in [1.165, 1.54) is 25.7 Å². The summed E-state index contributed by atoms with van der Waals surface area (Å²) in [6.45, 7) is 8.84. The third kappa shape index (κ3) is 1.74. The Balaban J connectivity index is 1.49. The lowest BCUT2D eigenvalue weighted by Crippen LogP contribution is -2.56. The SMILES string of the molecule is CC(=O)[C@]12O[C@@]1(C)C[C@H]1[C@@H]3CC[C@H]4C[C@@H](O)CC[C@]4(C)[C@H]3CC[C@@]12C. The second-order valence-electron chi connectivity index (χ2n) is 10.8. The Morgan fingerprint density at radius 2 is 1.80 bits per heavy atom. The number of rotatable bonds is 1. The van der Waals surface area contributed by atoms with Gasteiger partial charge in [-0.05, 0) is 94.3 Å². The van der Waals surface area contributed by atoms with Crippen molar-refractivity contribution in [2.24, 2.45) is 34.5 Å². The number of Topliss-reactive ketones (excluding diaryl/α,β-unsaturated/α-hetero) is 1. The lowest BCUT2D eigenvalue weighted by atomic mass is 9.44. The van der Waals surface area contributed by atoms with Crippen LogP contribution in [0, 0.1) is 34.5 Å². The lowest BCUT2D eigenvalue weighted by Gasteiger charge is -2.61. The van der Waals surface area contributed by atoms with Crippen molar-refractivity contribution in [3.63, 3.8) is 0 Å². The Labute approximate surface area is 151 Å². The predicted octanol–water partition coefficient (Wildman–Crippen LogP) is 4.12. The number of carbonyl (C=O) groups is 1. The molecule has 0 radical (unpaired) electrons. The van der Waals surface area contributed by atoms with Gasteiger partial charge >= 0.3 is 0 Å². The molecule has 0 aromatic heterocycles. The third-order valence-corrected chi connectivity index (χ3v) is 10.0. The minimum Gasteiger partial charge on any atom is -0.393 e. The van der Waals surface area contributed by atoms with Crippen LogP contribution in [0.4, 0.5) is 0 Å². The quantitative estimate of drug-likeness (QED) is 0.727. The molecule has 0 spiro atoms. The van der Waals surface area contributed by atoms with Gasteiger partial charge in [-0.25, -0.2) is 0 Å². The average molecular weight is 347 g/mol. The molecule has 0 aromatic carbocycles. The summed E-state index contributed by atoms with van der Waals surface area (Å²) in [5.41, 5.74) is -0.253. The molecule has 5 rings (SSSR count). The zero-order chi connectivity index (χ0) is 17.8. The highest BCUT2D eigenvalue weighted by Crippen LogP contribution is 2.77. The molecule has 5 fully saturated rings.